The second-order valence-corrected chi connectivity index (χ2v) is 5.93. The lowest BCUT2D eigenvalue weighted by molar-refractivity contribution is -0.137. The number of carbonyl (C=O) groups is 1. The molecule has 1 fully saturated rings. The van der Waals surface area contributed by atoms with Crippen LogP contribution in [0.3, 0.4) is 0 Å². The van der Waals surface area contributed by atoms with Crippen LogP contribution in [0.1, 0.15) is 30.4 Å². The standard InChI is InChI=1S/C21H22N2O2/c1-2-25-20(24)13-12-17-10-6-7-11-19(17)23-15-14-18(21(23)22)16-8-4-3-5-9-16/h3-13,18,22H,2,14-15H2,1H3/b13-12+,22-21?/t18-/m0/s1. The summed E-state index contributed by atoms with van der Waals surface area (Å²) in [6.45, 7) is 2.94. The average Bonchev–Trinajstić information content (AvgIpc) is 3.02. The topological polar surface area (TPSA) is 53.4 Å². The fourth-order valence-corrected chi connectivity index (χ4v) is 3.19. The summed E-state index contributed by atoms with van der Waals surface area (Å²) in [4.78, 5) is 13.6. The molecule has 1 aliphatic heterocycles. The van der Waals surface area contributed by atoms with Gasteiger partial charge in [-0.1, -0.05) is 48.5 Å². The number of ether oxygens (including phenoxy) is 1. The number of nitrogens with one attached hydrogen (secondary N) is 1. The fraction of sp³-hybridized carbons (Fsp3) is 0.238. The number of benzene rings is 2. The third kappa shape index (κ3) is 3.79. The minimum Gasteiger partial charge on any atom is -0.463 e. The van der Waals surface area contributed by atoms with Crippen molar-refractivity contribution in [1.82, 2.24) is 0 Å². The molecule has 128 valence electrons. The number of hydrogen-bond donors (Lipinski definition) is 1. The molecule has 0 spiro atoms. The van der Waals surface area contributed by atoms with E-state index in [9.17, 15) is 4.79 Å². The van der Waals surface area contributed by atoms with Crippen LogP contribution < -0.4 is 4.90 Å². The number of carbonyl (C=O) groups excluding carboxylic acids is 1. The highest BCUT2D eigenvalue weighted by atomic mass is 16.5. The van der Waals surface area contributed by atoms with Gasteiger partial charge in [0.2, 0.25) is 0 Å². The molecule has 0 bridgehead atoms. The molecule has 1 saturated heterocycles. The van der Waals surface area contributed by atoms with Crippen molar-refractivity contribution in [2.24, 2.45) is 0 Å². The van der Waals surface area contributed by atoms with Crippen molar-refractivity contribution >= 4 is 23.6 Å². The summed E-state index contributed by atoms with van der Waals surface area (Å²) in [7, 11) is 0. The van der Waals surface area contributed by atoms with Crippen LogP contribution in [-0.2, 0) is 9.53 Å². The normalized spacial score (nSPS) is 17.2. The zero-order valence-corrected chi connectivity index (χ0v) is 14.3. The van der Waals surface area contributed by atoms with Crippen molar-refractivity contribution in [3.8, 4) is 0 Å². The van der Waals surface area contributed by atoms with Gasteiger partial charge in [-0.2, -0.15) is 0 Å². The Morgan fingerprint density at radius 3 is 2.68 bits per heavy atom. The van der Waals surface area contributed by atoms with Gasteiger partial charge in [-0.05, 0) is 36.6 Å². The lowest BCUT2D eigenvalue weighted by atomic mass is 9.97. The Morgan fingerprint density at radius 1 is 1.20 bits per heavy atom. The van der Waals surface area contributed by atoms with E-state index >= 15 is 0 Å². The summed E-state index contributed by atoms with van der Waals surface area (Å²) >= 11 is 0. The molecule has 1 heterocycles. The molecule has 3 rings (SSSR count). The summed E-state index contributed by atoms with van der Waals surface area (Å²) in [6.07, 6.45) is 4.12. The van der Waals surface area contributed by atoms with Crippen molar-refractivity contribution in [1.29, 1.82) is 5.41 Å². The molecule has 25 heavy (non-hydrogen) atoms. The SMILES string of the molecule is CCOC(=O)/C=C/c1ccccc1N1CC[C@@H](c2ccccc2)C1=N. The minimum atomic E-state index is -0.351. The molecule has 1 aliphatic rings. The van der Waals surface area contributed by atoms with Gasteiger partial charge in [0.25, 0.3) is 0 Å². The molecule has 1 N–H and O–H groups in total. The highest BCUT2D eigenvalue weighted by Gasteiger charge is 2.30. The third-order valence-electron chi connectivity index (χ3n) is 4.38. The van der Waals surface area contributed by atoms with Crippen LogP contribution in [-0.4, -0.2) is 25.0 Å². The number of anilines is 1. The van der Waals surface area contributed by atoms with Crippen LogP contribution >= 0.6 is 0 Å². The molecule has 4 nitrogen and oxygen atoms in total. The van der Waals surface area contributed by atoms with Crippen LogP contribution in [0.5, 0.6) is 0 Å². The maximum atomic E-state index is 11.6. The highest BCUT2D eigenvalue weighted by molar-refractivity contribution is 6.04. The number of rotatable bonds is 5. The van der Waals surface area contributed by atoms with E-state index in [0.29, 0.717) is 12.4 Å². The summed E-state index contributed by atoms with van der Waals surface area (Å²) in [5.74, 6) is 0.363. The molecule has 2 aromatic rings. The van der Waals surface area contributed by atoms with E-state index in [2.05, 4.69) is 12.1 Å². The van der Waals surface area contributed by atoms with E-state index in [0.717, 1.165) is 24.2 Å². The highest BCUT2D eigenvalue weighted by Crippen LogP contribution is 2.34. The Bertz CT molecular complexity index is 783. The largest absolute Gasteiger partial charge is 0.463 e. The zero-order chi connectivity index (χ0) is 17.6. The maximum absolute atomic E-state index is 11.6. The fourth-order valence-electron chi connectivity index (χ4n) is 3.19. The number of para-hydroxylation sites is 1. The van der Waals surface area contributed by atoms with Crippen LogP contribution in [0.4, 0.5) is 5.69 Å². The Morgan fingerprint density at radius 2 is 1.92 bits per heavy atom. The van der Waals surface area contributed by atoms with Gasteiger partial charge in [-0.3, -0.25) is 5.41 Å². The first-order valence-electron chi connectivity index (χ1n) is 8.55. The van der Waals surface area contributed by atoms with Gasteiger partial charge in [0.15, 0.2) is 0 Å². The molecule has 0 amide bonds. The van der Waals surface area contributed by atoms with Crippen molar-refractivity contribution in [3.05, 3.63) is 71.8 Å². The lowest BCUT2D eigenvalue weighted by Gasteiger charge is -2.22. The first-order valence-corrected chi connectivity index (χ1v) is 8.55. The average molecular weight is 334 g/mol. The van der Waals surface area contributed by atoms with E-state index in [1.807, 2.05) is 47.4 Å². The number of hydrogen-bond acceptors (Lipinski definition) is 3. The van der Waals surface area contributed by atoms with E-state index in [-0.39, 0.29) is 11.9 Å². The van der Waals surface area contributed by atoms with Gasteiger partial charge in [0, 0.05) is 24.2 Å². The summed E-state index contributed by atoms with van der Waals surface area (Å²) in [5, 5.41) is 8.63. The second kappa shape index (κ2) is 7.79. The second-order valence-electron chi connectivity index (χ2n) is 5.93. The molecule has 2 aromatic carbocycles. The number of nitrogens with zero attached hydrogens (tertiary/aromatic N) is 1. The Hall–Kier alpha value is -2.88. The van der Waals surface area contributed by atoms with E-state index in [4.69, 9.17) is 10.1 Å². The van der Waals surface area contributed by atoms with Gasteiger partial charge in [0.1, 0.15) is 5.84 Å². The predicted octanol–water partition coefficient (Wildman–Crippen LogP) is 4.23. The molecular weight excluding hydrogens is 312 g/mol. The molecule has 0 aromatic heterocycles. The summed E-state index contributed by atoms with van der Waals surface area (Å²) in [6, 6.07) is 18.0. The Labute approximate surface area is 148 Å². The molecule has 0 radical (unpaired) electrons. The molecule has 4 heteroatoms. The van der Waals surface area contributed by atoms with Crippen molar-refractivity contribution in [2.45, 2.75) is 19.3 Å². The molecule has 0 unspecified atom stereocenters. The third-order valence-corrected chi connectivity index (χ3v) is 4.38. The summed E-state index contributed by atoms with van der Waals surface area (Å²) < 4.78 is 4.94. The lowest BCUT2D eigenvalue weighted by Crippen LogP contribution is -2.26. The van der Waals surface area contributed by atoms with Crippen molar-refractivity contribution < 1.29 is 9.53 Å². The van der Waals surface area contributed by atoms with Crippen molar-refractivity contribution in [3.63, 3.8) is 0 Å². The van der Waals surface area contributed by atoms with Gasteiger partial charge >= 0.3 is 5.97 Å². The smallest absolute Gasteiger partial charge is 0.330 e. The monoisotopic (exact) mass is 334 g/mol. The number of amidine groups is 1. The maximum Gasteiger partial charge on any atom is 0.330 e. The minimum absolute atomic E-state index is 0.114. The van der Waals surface area contributed by atoms with Crippen LogP contribution in [0, 0.1) is 5.41 Å². The number of esters is 1. The van der Waals surface area contributed by atoms with E-state index < -0.39 is 0 Å². The molecular formula is C21H22N2O2. The molecule has 1 atom stereocenters. The van der Waals surface area contributed by atoms with Crippen molar-refractivity contribution in [2.75, 3.05) is 18.1 Å². The quantitative estimate of drug-likeness (QED) is 0.657. The van der Waals surface area contributed by atoms with E-state index in [1.165, 1.54) is 11.6 Å². The molecule has 0 aliphatic carbocycles. The van der Waals surface area contributed by atoms with Gasteiger partial charge < -0.3 is 9.64 Å². The predicted molar refractivity (Wildman–Crippen MR) is 101 cm³/mol. The van der Waals surface area contributed by atoms with Crippen LogP contribution in [0.2, 0.25) is 0 Å². The Kier molecular flexibility index (Phi) is 5.29. The van der Waals surface area contributed by atoms with Crippen LogP contribution in [0.15, 0.2) is 60.7 Å². The molecule has 0 saturated carbocycles. The van der Waals surface area contributed by atoms with Gasteiger partial charge in [-0.15, -0.1) is 0 Å². The van der Waals surface area contributed by atoms with Gasteiger partial charge in [0.05, 0.1) is 6.61 Å². The zero-order valence-electron chi connectivity index (χ0n) is 14.3. The van der Waals surface area contributed by atoms with Crippen LogP contribution in [0.25, 0.3) is 6.08 Å². The first-order chi connectivity index (χ1) is 12.2. The summed E-state index contributed by atoms with van der Waals surface area (Å²) in [5.41, 5.74) is 3.04. The first kappa shape index (κ1) is 17.0. The van der Waals surface area contributed by atoms with Gasteiger partial charge in [-0.25, -0.2) is 4.79 Å². The van der Waals surface area contributed by atoms with E-state index in [1.54, 1.807) is 13.0 Å². The Balaban J connectivity index is 1.83.